The number of nitrogens with one attached hydrogen (secondary N) is 1. The standard InChI is InChI=1S/C12H10N2O2/c15-12(16)10-5-1-2-6-11(10)14-9-4-3-7-13-8-9/h1-8,14H,(H,15,16). The Labute approximate surface area is 92.6 Å². The van der Waals surface area contributed by atoms with Gasteiger partial charge in [0.1, 0.15) is 0 Å². The summed E-state index contributed by atoms with van der Waals surface area (Å²) >= 11 is 0. The third-order valence-corrected chi connectivity index (χ3v) is 2.10. The molecule has 80 valence electrons. The number of carboxylic acids is 1. The molecule has 0 saturated carbocycles. The number of nitrogens with zero attached hydrogens (tertiary/aromatic N) is 1. The van der Waals surface area contributed by atoms with Gasteiger partial charge >= 0.3 is 5.97 Å². The molecule has 0 aliphatic heterocycles. The molecule has 4 heteroatoms. The zero-order chi connectivity index (χ0) is 11.4. The molecule has 1 heterocycles. The largest absolute Gasteiger partial charge is 0.478 e. The summed E-state index contributed by atoms with van der Waals surface area (Å²) in [6.45, 7) is 0. The van der Waals surface area contributed by atoms with E-state index in [4.69, 9.17) is 5.11 Å². The summed E-state index contributed by atoms with van der Waals surface area (Å²) in [5.41, 5.74) is 1.56. The van der Waals surface area contributed by atoms with Crippen molar-refractivity contribution in [3.63, 3.8) is 0 Å². The molecule has 0 radical (unpaired) electrons. The Bertz CT molecular complexity index is 497. The highest BCUT2D eigenvalue weighted by Gasteiger charge is 2.08. The molecule has 0 spiro atoms. The zero-order valence-corrected chi connectivity index (χ0v) is 8.42. The van der Waals surface area contributed by atoms with Gasteiger partial charge in [0.2, 0.25) is 0 Å². The van der Waals surface area contributed by atoms with Crippen molar-refractivity contribution >= 4 is 17.3 Å². The van der Waals surface area contributed by atoms with Crippen LogP contribution in [0.15, 0.2) is 48.8 Å². The Hall–Kier alpha value is -2.36. The molecule has 0 unspecified atom stereocenters. The Balaban J connectivity index is 2.31. The third kappa shape index (κ3) is 2.17. The lowest BCUT2D eigenvalue weighted by Crippen LogP contribution is -2.02. The molecular weight excluding hydrogens is 204 g/mol. The number of rotatable bonds is 3. The number of carbonyl (C=O) groups is 1. The summed E-state index contributed by atoms with van der Waals surface area (Å²) in [7, 11) is 0. The van der Waals surface area contributed by atoms with Crippen LogP contribution in [0, 0.1) is 0 Å². The van der Waals surface area contributed by atoms with Gasteiger partial charge in [-0.3, -0.25) is 4.98 Å². The van der Waals surface area contributed by atoms with E-state index < -0.39 is 5.97 Å². The predicted molar refractivity (Wildman–Crippen MR) is 60.9 cm³/mol. The van der Waals surface area contributed by atoms with Gasteiger partial charge in [0.15, 0.2) is 0 Å². The normalized spacial score (nSPS) is 9.75. The summed E-state index contributed by atoms with van der Waals surface area (Å²) in [5.74, 6) is -0.952. The lowest BCUT2D eigenvalue weighted by Gasteiger charge is -2.08. The fourth-order valence-corrected chi connectivity index (χ4v) is 1.37. The topological polar surface area (TPSA) is 62.2 Å². The van der Waals surface area contributed by atoms with Crippen LogP contribution in [-0.4, -0.2) is 16.1 Å². The van der Waals surface area contributed by atoms with E-state index >= 15 is 0 Å². The fourth-order valence-electron chi connectivity index (χ4n) is 1.37. The zero-order valence-electron chi connectivity index (χ0n) is 8.42. The number of benzene rings is 1. The maximum atomic E-state index is 11.0. The molecule has 0 saturated heterocycles. The second-order valence-electron chi connectivity index (χ2n) is 3.22. The molecule has 4 nitrogen and oxygen atoms in total. The monoisotopic (exact) mass is 214 g/mol. The van der Waals surface area contributed by atoms with Crippen LogP contribution in [0.4, 0.5) is 11.4 Å². The van der Waals surface area contributed by atoms with Gasteiger partial charge in [-0.25, -0.2) is 4.79 Å². The third-order valence-electron chi connectivity index (χ3n) is 2.10. The number of hydrogen-bond donors (Lipinski definition) is 2. The van der Waals surface area contributed by atoms with Crippen LogP contribution in [0.1, 0.15) is 10.4 Å². The van der Waals surface area contributed by atoms with E-state index in [0.29, 0.717) is 5.69 Å². The molecule has 0 aliphatic carbocycles. The van der Waals surface area contributed by atoms with Gasteiger partial charge in [0.25, 0.3) is 0 Å². The molecule has 0 atom stereocenters. The molecule has 0 fully saturated rings. The van der Waals surface area contributed by atoms with Crippen molar-refractivity contribution in [2.24, 2.45) is 0 Å². The van der Waals surface area contributed by atoms with Crippen LogP contribution < -0.4 is 5.32 Å². The lowest BCUT2D eigenvalue weighted by molar-refractivity contribution is 0.0698. The highest BCUT2D eigenvalue weighted by Crippen LogP contribution is 2.19. The molecule has 2 rings (SSSR count). The summed E-state index contributed by atoms with van der Waals surface area (Å²) < 4.78 is 0. The minimum absolute atomic E-state index is 0.242. The van der Waals surface area contributed by atoms with Crippen molar-refractivity contribution in [3.05, 3.63) is 54.4 Å². The van der Waals surface area contributed by atoms with Gasteiger partial charge < -0.3 is 10.4 Å². The minimum atomic E-state index is -0.952. The molecule has 0 aliphatic rings. The molecular formula is C12H10N2O2. The Morgan fingerprint density at radius 3 is 2.69 bits per heavy atom. The van der Waals surface area contributed by atoms with Crippen molar-refractivity contribution in [2.45, 2.75) is 0 Å². The first-order chi connectivity index (χ1) is 7.77. The highest BCUT2D eigenvalue weighted by molar-refractivity contribution is 5.95. The van der Waals surface area contributed by atoms with E-state index in [1.807, 2.05) is 6.07 Å². The lowest BCUT2D eigenvalue weighted by atomic mass is 10.2. The van der Waals surface area contributed by atoms with Crippen molar-refractivity contribution in [3.8, 4) is 0 Å². The maximum absolute atomic E-state index is 11.0. The number of carboxylic acid groups (broad SMARTS) is 1. The van der Waals surface area contributed by atoms with E-state index in [9.17, 15) is 4.79 Å². The minimum Gasteiger partial charge on any atom is -0.478 e. The first-order valence-corrected chi connectivity index (χ1v) is 4.77. The summed E-state index contributed by atoms with van der Waals surface area (Å²) in [5, 5.41) is 12.0. The summed E-state index contributed by atoms with van der Waals surface area (Å²) in [6, 6.07) is 10.4. The van der Waals surface area contributed by atoms with E-state index in [2.05, 4.69) is 10.3 Å². The summed E-state index contributed by atoms with van der Waals surface area (Å²) in [4.78, 5) is 14.9. The van der Waals surface area contributed by atoms with Gasteiger partial charge in [0.05, 0.1) is 23.1 Å². The number of aromatic nitrogens is 1. The van der Waals surface area contributed by atoms with Crippen molar-refractivity contribution < 1.29 is 9.90 Å². The SMILES string of the molecule is O=C(O)c1ccccc1Nc1cccnc1. The van der Waals surface area contributed by atoms with Crippen LogP contribution in [0.5, 0.6) is 0 Å². The van der Waals surface area contributed by atoms with Crippen molar-refractivity contribution in [1.29, 1.82) is 0 Å². The quantitative estimate of drug-likeness (QED) is 0.824. The Morgan fingerprint density at radius 1 is 1.19 bits per heavy atom. The molecule has 1 aromatic carbocycles. The van der Waals surface area contributed by atoms with Crippen molar-refractivity contribution in [1.82, 2.24) is 4.98 Å². The van der Waals surface area contributed by atoms with E-state index in [1.54, 1.807) is 42.7 Å². The van der Waals surface area contributed by atoms with E-state index in [0.717, 1.165) is 5.69 Å². The van der Waals surface area contributed by atoms with E-state index in [-0.39, 0.29) is 5.56 Å². The maximum Gasteiger partial charge on any atom is 0.337 e. The second kappa shape index (κ2) is 4.44. The van der Waals surface area contributed by atoms with Crippen LogP contribution in [0.2, 0.25) is 0 Å². The number of para-hydroxylation sites is 1. The Kier molecular flexibility index (Phi) is 2.82. The van der Waals surface area contributed by atoms with E-state index in [1.165, 1.54) is 0 Å². The summed E-state index contributed by atoms with van der Waals surface area (Å²) in [6.07, 6.45) is 3.30. The predicted octanol–water partition coefficient (Wildman–Crippen LogP) is 2.52. The first-order valence-electron chi connectivity index (χ1n) is 4.77. The number of aromatic carboxylic acids is 1. The molecule has 0 amide bonds. The van der Waals surface area contributed by atoms with Gasteiger partial charge in [-0.1, -0.05) is 12.1 Å². The Morgan fingerprint density at radius 2 is 2.00 bits per heavy atom. The molecule has 16 heavy (non-hydrogen) atoms. The van der Waals surface area contributed by atoms with Gasteiger partial charge in [-0.2, -0.15) is 0 Å². The molecule has 1 aromatic heterocycles. The fraction of sp³-hybridized carbons (Fsp3) is 0. The number of hydrogen-bond acceptors (Lipinski definition) is 3. The number of anilines is 2. The van der Waals surface area contributed by atoms with Crippen LogP contribution in [0.3, 0.4) is 0 Å². The molecule has 0 bridgehead atoms. The second-order valence-corrected chi connectivity index (χ2v) is 3.22. The van der Waals surface area contributed by atoms with Crippen LogP contribution >= 0.6 is 0 Å². The van der Waals surface area contributed by atoms with Crippen molar-refractivity contribution in [2.75, 3.05) is 5.32 Å². The average Bonchev–Trinajstić information content (AvgIpc) is 2.31. The average molecular weight is 214 g/mol. The highest BCUT2D eigenvalue weighted by atomic mass is 16.4. The van der Waals surface area contributed by atoms with Crippen LogP contribution in [0.25, 0.3) is 0 Å². The number of pyridine rings is 1. The molecule has 2 aromatic rings. The van der Waals surface area contributed by atoms with Gasteiger partial charge in [0, 0.05) is 6.20 Å². The smallest absolute Gasteiger partial charge is 0.337 e. The van der Waals surface area contributed by atoms with Gasteiger partial charge in [-0.15, -0.1) is 0 Å². The molecule has 2 N–H and O–H groups in total. The van der Waals surface area contributed by atoms with Crippen LogP contribution in [-0.2, 0) is 0 Å². The van der Waals surface area contributed by atoms with Gasteiger partial charge in [-0.05, 0) is 24.3 Å². The first kappa shape index (κ1) is 10.2.